The molecule has 2 saturated heterocycles. The number of furan rings is 1. The van der Waals surface area contributed by atoms with Crippen molar-refractivity contribution < 1.29 is 18.7 Å². The fourth-order valence-corrected chi connectivity index (χ4v) is 4.71. The van der Waals surface area contributed by atoms with Crippen LogP contribution in [0.15, 0.2) is 41.1 Å². The second-order valence-corrected chi connectivity index (χ2v) is 8.77. The summed E-state index contributed by atoms with van der Waals surface area (Å²) in [5.41, 5.74) is 9.89. The number of anilines is 1. The van der Waals surface area contributed by atoms with Crippen LogP contribution in [-0.4, -0.2) is 66.3 Å². The molecule has 34 heavy (non-hydrogen) atoms. The Kier molecular flexibility index (Phi) is 6.35. The molecule has 178 valence electrons. The molecule has 1 aromatic carbocycles. The molecule has 2 aliphatic heterocycles. The topological polar surface area (TPSA) is 118 Å². The van der Waals surface area contributed by atoms with Gasteiger partial charge in [0.15, 0.2) is 5.76 Å². The third kappa shape index (κ3) is 4.56. The number of aromatic nitrogens is 2. The molecule has 2 aromatic heterocycles. The number of primary amides is 1. The lowest BCUT2D eigenvalue weighted by molar-refractivity contribution is -0.134. The number of carbonyl (C=O) groups is 2. The van der Waals surface area contributed by atoms with Gasteiger partial charge in [-0.2, -0.15) is 5.10 Å². The number of rotatable bonds is 6. The van der Waals surface area contributed by atoms with Crippen molar-refractivity contribution in [2.24, 2.45) is 5.73 Å². The van der Waals surface area contributed by atoms with Crippen molar-refractivity contribution in [2.45, 2.75) is 25.7 Å². The average Bonchev–Trinajstić information content (AvgIpc) is 3.56. The molecule has 3 aromatic rings. The Morgan fingerprint density at radius 2 is 1.82 bits per heavy atom. The molecule has 9 nitrogen and oxygen atoms in total. The quantitative estimate of drug-likeness (QED) is 0.580. The number of benzene rings is 1. The van der Waals surface area contributed by atoms with Gasteiger partial charge in [0, 0.05) is 49.2 Å². The highest BCUT2D eigenvalue weighted by Gasteiger charge is 2.25. The molecule has 0 bridgehead atoms. The van der Waals surface area contributed by atoms with Crippen molar-refractivity contribution in [1.29, 1.82) is 0 Å². The van der Waals surface area contributed by atoms with Crippen molar-refractivity contribution >= 4 is 17.5 Å². The van der Waals surface area contributed by atoms with Gasteiger partial charge >= 0.3 is 0 Å². The van der Waals surface area contributed by atoms with Gasteiger partial charge in [0.1, 0.15) is 5.76 Å². The Labute approximate surface area is 197 Å². The smallest absolute Gasteiger partial charge is 0.285 e. The molecule has 2 aliphatic rings. The molecule has 2 amide bonds. The number of hydrogen-bond acceptors (Lipinski definition) is 6. The number of ether oxygens (including phenoxy) is 1. The van der Waals surface area contributed by atoms with Crippen molar-refractivity contribution in [1.82, 2.24) is 15.1 Å². The number of aromatic amines is 1. The fourth-order valence-electron chi connectivity index (χ4n) is 4.71. The summed E-state index contributed by atoms with van der Waals surface area (Å²) in [6.07, 6.45) is 7.08. The van der Waals surface area contributed by atoms with Crippen molar-refractivity contribution in [2.75, 3.05) is 44.3 Å². The van der Waals surface area contributed by atoms with Crippen LogP contribution >= 0.6 is 0 Å². The minimum Gasteiger partial charge on any atom is -0.450 e. The van der Waals surface area contributed by atoms with E-state index in [-0.39, 0.29) is 11.7 Å². The molecule has 0 atom stereocenters. The SMILES string of the molecule is NC(=O)c1oc(-c2cn[nH]c2)cc1-c1ccc(CC(=O)N2CCOCC2)cc1N1CCCCC1. The summed E-state index contributed by atoms with van der Waals surface area (Å²) in [5.74, 6) is 0.116. The molecular formula is C25H29N5O4. The van der Waals surface area contributed by atoms with Gasteiger partial charge in [0.05, 0.1) is 31.4 Å². The number of amides is 2. The third-order valence-corrected chi connectivity index (χ3v) is 6.51. The monoisotopic (exact) mass is 463 g/mol. The molecule has 0 unspecified atom stereocenters. The van der Waals surface area contributed by atoms with E-state index in [1.807, 2.05) is 23.1 Å². The molecule has 0 aliphatic carbocycles. The molecule has 0 saturated carbocycles. The van der Waals surface area contributed by atoms with Crippen molar-refractivity contribution in [3.05, 3.63) is 48.0 Å². The fraction of sp³-hybridized carbons (Fsp3) is 0.400. The number of nitrogens with one attached hydrogen (secondary N) is 1. The maximum atomic E-state index is 12.9. The highest BCUT2D eigenvalue weighted by atomic mass is 16.5. The Hall–Kier alpha value is -3.59. The summed E-state index contributed by atoms with van der Waals surface area (Å²) in [6, 6.07) is 7.85. The van der Waals surface area contributed by atoms with E-state index < -0.39 is 5.91 Å². The summed E-state index contributed by atoms with van der Waals surface area (Å²) in [7, 11) is 0. The normalized spacial score (nSPS) is 16.6. The first kappa shape index (κ1) is 22.2. The van der Waals surface area contributed by atoms with Gasteiger partial charge in [0.25, 0.3) is 5.91 Å². The summed E-state index contributed by atoms with van der Waals surface area (Å²) >= 11 is 0. The Bertz CT molecular complexity index is 1160. The van der Waals surface area contributed by atoms with Crippen LogP contribution in [0.4, 0.5) is 5.69 Å². The van der Waals surface area contributed by atoms with Gasteiger partial charge in [-0.1, -0.05) is 12.1 Å². The predicted octanol–water partition coefficient (Wildman–Crippen LogP) is 2.83. The molecule has 5 rings (SSSR count). The van der Waals surface area contributed by atoms with Crippen LogP contribution in [0.1, 0.15) is 35.4 Å². The van der Waals surface area contributed by atoms with Gasteiger partial charge in [-0.15, -0.1) is 0 Å². The average molecular weight is 464 g/mol. The van der Waals surface area contributed by atoms with Crippen LogP contribution in [0.3, 0.4) is 0 Å². The summed E-state index contributed by atoms with van der Waals surface area (Å²) in [6.45, 7) is 4.27. The van der Waals surface area contributed by atoms with E-state index in [1.165, 1.54) is 6.42 Å². The number of hydrogen-bond donors (Lipinski definition) is 2. The Morgan fingerprint density at radius 1 is 1.03 bits per heavy atom. The molecule has 0 spiro atoms. The zero-order chi connectivity index (χ0) is 23.5. The van der Waals surface area contributed by atoms with Gasteiger partial charge in [0.2, 0.25) is 5.91 Å². The highest BCUT2D eigenvalue weighted by Crippen LogP contribution is 2.39. The first-order valence-electron chi connectivity index (χ1n) is 11.8. The predicted molar refractivity (Wildman–Crippen MR) is 127 cm³/mol. The minimum absolute atomic E-state index is 0.101. The van der Waals surface area contributed by atoms with E-state index in [0.29, 0.717) is 44.0 Å². The van der Waals surface area contributed by atoms with Crippen LogP contribution in [0.5, 0.6) is 0 Å². The van der Waals surface area contributed by atoms with Crippen LogP contribution in [0.2, 0.25) is 0 Å². The van der Waals surface area contributed by atoms with Crippen LogP contribution < -0.4 is 10.6 Å². The standard InChI is InChI=1S/C25H29N5O4/c26-25(32)24-20(14-22(34-24)18-15-27-28-16-18)19-5-4-17(12-21(19)29-6-2-1-3-7-29)13-23(31)30-8-10-33-11-9-30/h4-5,12,14-16H,1-3,6-11,13H2,(H2,26,32)(H,27,28). The molecule has 0 radical (unpaired) electrons. The number of morpholine rings is 1. The maximum Gasteiger partial charge on any atom is 0.285 e. The molecule has 4 heterocycles. The first-order valence-corrected chi connectivity index (χ1v) is 11.8. The lowest BCUT2D eigenvalue weighted by Gasteiger charge is -2.31. The number of nitrogens with zero attached hydrogens (tertiary/aromatic N) is 3. The van der Waals surface area contributed by atoms with Crippen LogP contribution in [-0.2, 0) is 16.0 Å². The number of nitrogens with two attached hydrogens (primary N) is 1. The van der Waals surface area contributed by atoms with Gasteiger partial charge < -0.3 is 24.7 Å². The minimum atomic E-state index is -0.624. The lowest BCUT2D eigenvalue weighted by atomic mass is 9.97. The first-order chi connectivity index (χ1) is 16.6. The third-order valence-electron chi connectivity index (χ3n) is 6.51. The second kappa shape index (κ2) is 9.72. The number of piperidine rings is 1. The van der Waals surface area contributed by atoms with Gasteiger partial charge in [-0.05, 0) is 37.0 Å². The van der Waals surface area contributed by atoms with E-state index in [2.05, 4.69) is 21.2 Å². The largest absolute Gasteiger partial charge is 0.450 e. The summed E-state index contributed by atoms with van der Waals surface area (Å²) in [5, 5.41) is 6.73. The van der Waals surface area contributed by atoms with E-state index in [4.69, 9.17) is 14.9 Å². The molecular weight excluding hydrogens is 434 g/mol. The van der Waals surface area contributed by atoms with E-state index in [9.17, 15) is 9.59 Å². The van der Waals surface area contributed by atoms with Crippen molar-refractivity contribution in [3.8, 4) is 22.5 Å². The zero-order valence-corrected chi connectivity index (χ0v) is 19.1. The molecule has 2 fully saturated rings. The Morgan fingerprint density at radius 3 is 2.53 bits per heavy atom. The van der Waals surface area contributed by atoms with Gasteiger partial charge in [-0.3, -0.25) is 14.7 Å². The Balaban J connectivity index is 1.53. The summed E-state index contributed by atoms with van der Waals surface area (Å²) < 4.78 is 11.2. The second-order valence-electron chi connectivity index (χ2n) is 8.77. The molecule has 3 N–H and O–H groups in total. The van der Waals surface area contributed by atoms with Gasteiger partial charge in [-0.25, -0.2) is 0 Å². The summed E-state index contributed by atoms with van der Waals surface area (Å²) in [4.78, 5) is 29.3. The van der Waals surface area contributed by atoms with E-state index in [0.717, 1.165) is 48.3 Å². The van der Waals surface area contributed by atoms with Crippen LogP contribution in [0, 0.1) is 0 Å². The van der Waals surface area contributed by atoms with Crippen molar-refractivity contribution in [3.63, 3.8) is 0 Å². The van der Waals surface area contributed by atoms with E-state index >= 15 is 0 Å². The van der Waals surface area contributed by atoms with E-state index in [1.54, 1.807) is 12.4 Å². The lowest BCUT2D eigenvalue weighted by Crippen LogP contribution is -2.41. The molecule has 9 heteroatoms. The van der Waals surface area contributed by atoms with Crippen LogP contribution in [0.25, 0.3) is 22.5 Å². The highest BCUT2D eigenvalue weighted by molar-refractivity contribution is 6.00. The number of H-pyrrole nitrogens is 1. The zero-order valence-electron chi connectivity index (χ0n) is 19.1. The number of carbonyl (C=O) groups excluding carboxylic acids is 2. The maximum absolute atomic E-state index is 12.9.